The van der Waals surface area contributed by atoms with Crippen LogP contribution in [0.15, 0.2) is 11.4 Å². The zero-order valence-electron chi connectivity index (χ0n) is 13.0. The van der Waals surface area contributed by atoms with E-state index in [2.05, 4.69) is 30.2 Å². The Balaban J connectivity index is 1.63. The molecule has 124 valence electrons. The standard InChI is InChI=1S/C15H18N2O3S3/c1-9-5-12(10(2)22-9)13-7-21-15(16-13)17-14(18)6-11-3-4-23(19,20)8-11/h5,7,11H,3-4,6,8H2,1-2H3,(H,16,17,18)/t11-/m1/s1. The minimum atomic E-state index is -2.94. The first-order valence-corrected chi connectivity index (χ1v) is 10.9. The number of hydrogen-bond acceptors (Lipinski definition) is 6. The number of anilines is 1. The summed E-state index contributed by atoms with van der Waals surface area (Å²) in [7, 11) is -2.94. The topological polar surface area (TPSA) is 76.1 Å². The Morgan fingerprint density at radius 1 is 1.43 bits per heavy atom. The third-order valence-electron chi connectivity index (χ3n) is 3.87. The molecule has 1 fully saturated rings. The van der Waals surface area contributed by atoms with Gasteiger partial charge in [-0.3, -0.25) is 4.79 Å². The summed E-state index contributed by atoms with van der Waals surface area (Å²) >= 11 is 3.12. The van der Waals surface area contributed by atoms with E-state index in [0.29, 0.717) is 11.6 Å². The van der Waals surface area contributed by atoms with E-state index in [1.807, 2.05) is 5.38 Å². The smallest absolute Gasteiger partial charge is 0.226 e. The third-order valence-corrected chi connectivity index (χ3v) is 7.43. The van der Waals surface area contributed by atoms with Gasteiger partial charge in [0, 0.05) is 27.1 Å². The molecule has 0 aliphatic carbocycles. The molecule has 3 heterocycles. The molecule has 0 unspecified atom stereocenters. The largest absolute Gasteiger partial charge is 0.302 e. The highest BCUT2D eigenvalue weighted by Gasteiger charge is 2.29. The second-order valence-corrected chi connectivity index (χ2v) is 10.4. The van der Waals surface area contributed by atoms with Crippen LogP contribution in [0.4, 0.5) is 5.13 Å². The first-order chi connectivity index (χ1) is 10.8. The number of carbonyl (C=O) groups is 1. The van der Waals surface area contributed by atoms with E-state index >= 15 is 0 Å². The number of sulfone groups is 1. The molecular weight excluding hydrogens is 352 g/mol. The van der Waals surface area contributed by atoms with Crippen LogP contribution in [0.25, 0.3) is 11.3 Å². The van der Waals surface area contributed by atoms with Gasteiger partial charge in [0.05, 0.1) is 17.2 Å². The maximum Gasteiger partial charge on any atom is 0.226 e. The van der Waals surface area contributed by atoms with Gasteiger partial charge in [-0.1, -0.05) is 0 Å². The molecule has 1 aliphatic heterocycles. The van der Waals surface area contributed by atoms with Gasteiger partial charge in [-0.05, 0) is 32.3 Å². The lowest BCUT2D eigenvalue weighted by Crippen LogP contribution is -2.17. The molecule has 1 saturated heterocycles. The van der Waals surface area contributed by atoms with Crippen LogP contribution in [0.1, 0.15) is 22.6 Å². The van der Waals surface area contributed by atoms with E-state index < -0.39 is 9.84 Å². The highest BCUT2D eigenvalue weighted by molar-refractivity contribution is 7.91. The Morgan fingerprint density at radius 3 is 2.83 bits per heavy atom. The van der Waals surface area contributed by atoms with Crippen molar-refractivity contribution in [2.75, 3.05) is 16.8 Å². The molecule has 2 aromatic rings. The number of nitrogens with zero attached hydrogens (tertiary/aromatic N) is 1. The summed E-state index contributed by atoms with van der Waals surface area (Å²) in [6, 6.07) is 2.10. The van der Waals surface area contributed by atoms with Gasteiger partial charge >= 0.3 is 0 Å². The van der Waals surface area contributed by atoms with Crippen molar-refractivity contribution in [3.8, 4) is 11.3 Å². The maximum absolute atomic E-state index is 12.1. The van der Waals surface area contributed by atoms with Gasteiger partial charge in [0.1, 0.15) is 0 Å². The van der Waals surface area contributed by atoms with E-state index in [1.54, 1.807) is 11.3 Å². The highest BCUT2D eigenvalue weighted by atomic mass is 32.2. The van der Waals surface area contributed by atoms with E-state index in [1.165, 1.54) is 21.1 Å². The summed E-state index contributed by atoms with van der Waals surface area (Å²) in [6.45, 7) is 4.12. The molecule has 0 aromatic carbocycles. The number of thiazole rings is 1. The predicted octanol–water partition coefficient (Wildman–Crippen LogP) is 3.25. The molecule has 0 saturated carbocycles. The lowest BCUT2D eigenvalue weighted by atomic mass is 10.1. The van der Waals surface area contributed by atoms with Crippen molar-refractivity contribution in [1.29, 1.82) is 0 Å². The molecule has 0 bridgehead atoms. The Bertz CT molecular complexity index is 836. The van der Waals surface area contributed by atoms with Crippen LogP contribution < -0.4 is 5.32 Å². The van der Waals surface area contributed by atoms with Crippen LogP contribution in [0.5, 0.6) is 0 Å². The summed E-state index contributed by atoms with van der Waals surface area (Å²) in [5.41, 5.74) is 1.97. The predicted molar refractivity (Wildman–Crippen MR) is 94.9 cm³/mol. The van der Waals surface area contributed by atoms with Crippen LogP contribution in [-0.4, -0.2) is 30.8 Å². The van der Waals surface area contributed by atoms with Crippen molar-refractivity contribution in [1.82, 2.24) is 4.98 Å². The first-order valence-electron chi connectivity index (χ1n) is 7.35. The first kappa shape index (κ1) is 16.6. The van der Waals surface area contributed by atoms with Crippen LogP contribution in [0.3, 0.4) is 0 Å². The zero-order chi connectivity index (χ0) is 16.6. The number of carbonyl (C=O) groups excluding carboxylic acids is 1. The van der Waals surface area contributed by atoms with Crippen molar-refractivity contribution in [3.05, 3.63) is 21.2 Å². The minimum Gasteiger partial charge on any atom is -0.302 e. The van der Waals surface area contributed by atoms with Crippen molar-refractivity contribution < 1.29 is 13.2 Å². The van der Waals surface area contributed by atoms with E-state index in [0.717, 1.165) is 11.3 Å². The number of rotatable bonds is 4. The number of thiophene rings is 1. The molecule has 3 rings (SSSR count). The molecule has 0 spiro atoms. The fraction of sp³-hybridized carbons (Fsp3) is 0.467. The summed E-state index contributed by atoms with van der Waals surface area (Å²) in [5.74, 6) is 0.0903. The number of aryl methyl sites for hydroxylation is 2. The molecule has 0 radical (unpaired) electrons. The van der Waals surface area contributed by atoms with Crippen LogP contribution in [-0.2, 0) is 14.6 Å². The second kappa shape index (κ2) is 6.33. The van der Waals surface area contributed by atoms with Crippen LogP contribution in [0.2, 0.25) is 0 Å². The van der Waals surface area contributed by atoms with E-state index in [9.17, 15) is 13.2 Å². The number of hydrogen-bond donors (Lipinski definition) is 1. The van der Waals surface area contributed by atoms with Crippen LogP contribution >= 0.6 is 22.7 Å². The second-order valence-electron chi connectivity index (χ2n) is 5.89. The Hall–Kier alpha value is -1.25. The Labute approximate surface area is 143 Å². The number of nitrogens with one attached hydrogen (secondary N) is 1. The zero-order valence-corrected chi connectivity index (χ0v) is 15.4. The van der Waals surface area contributed by atoms with Gasteiger partial charge in [-0.2, -0.15) is 0 Å². The molecule has 2 aromatic heterocycles. The number of aromatic nitrogens is 1. The van der Waals surface area contributed by atoms with Gasteiger partial charge in [0.2, 0.25) is 5.91 Å². The molecular formula is C15H18N2O3S3. The molecule has 1 amide bonds. The summed E-state index contributed by atoms with van der Waals surface area (Å²) in [5, 5.41) is 5.29. The molecule has 1 atom stereocenters. The third kappa shape index (κ3) is 3.99. The summed E-state index contributed by atoms with van der Waals surface area (Å²) in [6.07, 6.45) is 0.816. The maximum atomic E-state index is 12.1. The minimum absolute atomic E-state index is 0.0683. The lowest BCUT2D eigenvalue weighted by molar-refractivity contribution is -0.116. The Morgan fingerprint density at radius 2 is 2.22 bits per heavy atom. The van der Waals surface area contributed by atoms with E-state index in [-0.39, 0.29) is 29.8 Å². The monoisotopic (exact) mass is 370 g/mol. The fourth-order valence-corrected chi connectivity index (χ4v) is 6.33. The molecule has 1 aliphatic rings. The molecule has 23 heavy (non-hydrogen) atoms. The quantitative estimate of drug-likeness (QED) is 0.896. The van der Waals surface area contributed by atoms with Crippen molar-refractivity contribution in [2.24, 2.45) is 5.92 Å². The van der Waals surface area contributed by atoms with Crippen molar-refractivity contribution in [3.63, 3.8) is 0 Å². The van der Waals surface area contributed by atoms with Gasteiger partial charge < -0.3 is 5.32 Å². The van der Waals surface area contributed by atoms with Crippen molar-refractivity contribution >= 4 is 43.5 Å². The molecule has 8 heteroatoms. The highest BCUT2D eigenvalue weighted by Crippen LogP contribution is 2.32. The van der Waals surface area contributed by atoms with Gasteiger partial charge in [0.15, 0.2) is 15.0 Å². The average molecular weight is 371 g/mol. The van der Waals surface area contributed by atoms with Gasteiger partial charge in [-0.15, -0.1) is 22.7 Å². The number of amides is 1. The fourth-order valence-electron chi connectivity index (χ4n) is 2.81. The summed E-state index contributed by atoms with van der Waals surface area (Å²) < 4.78 is 22.9. The Kier molecular flexibility index (Phi) is 4.57. The van der Waals surface area contributed by atoms with Crippen molar-refractivity contribution in [2.45, 2.75) is 26.7 Å². The van der Waals surface area contributed by atoms with Gasteiger partial charge in [0.25, 0.3) is 0 Å². The SMILES string of the molecule is Cc1cc(-c2csc(NC(=O)C[C@H]3CCS(=O)(=O)C3)n2)c(C)s1. The molecule has 1 N–H and O–H groups in total. The average Bonchev–Trinajstić information content (AvgIpc) is 3.10. The lowest BCUT2D eigenvalue weighted by Gasteiger charge is -2.06. The van der Waals surface area contributed by atoms with E-state index in [4.69, 9.17) is 0 Å². The normalized spacial score (nSPS) is 19.8. The summed E-state index contributed by atoms with van der Waals surface area (Å²) in [4.78, 5) is 19.0. The molecule has 5 nitrogen and oxygen atoms in total. The van der Waals surface area contributed by atoms with Crippen LogP contribution in [0, 0.1) is 19.8 Å². The van der Waals surface area contributed by atoms with Gasteiger partial charge in [-0.25, -0.2) is 13.4 Å².